The molecule has 0 bridgehead atoms. The van der Waals surface area contributed by atoms with Gasteiger partial charge in [0, 0.05) is 28.0 Å². The summed E-state index contributed by atoms with van der Waals surface area (Å²) >= 11 is 12.3. The maximum Gasteiger partial charge on any atom is 0.277 e. The Hall–Kier alpha value is -4.07. The number of rotatable bonds is 8. The molecule has 9 heteroatoms. The number of hydrogen-bond acceptors (Lipinski definition) is 4. The fourth-order valence-corrected chi connectivity index (χ4v) is 4.26. The summed E-state index contributed by atoms with van der Waals surface area (Å²) in [5, 5.41) is 12.7. The molecule has 0 atom stereocenters. The van der Waals surface area contributed by atoms with E-state index in [1.165, 1.54) is 0 Å². The van der Waals surface area contributed by atoms with Crippen LogP contribution in [0.3, 0.4) is 0 Å². The SMILES string of the molecule is Cc1cc(NC(=O)c2ccn(COc3ccc(-c4ccccc4)cc3)n2)nn1Cc1ccc(Cl)cc1Cl. The monoisotopic (exact) mass is 531 g/mol. The van der Waals surface area contributed by atoms with Crippen LogP contribution in [0.15, 0.2) is 91.1 Å². The second-order valence-electron chi connectivity index (χ2n) is 8.42. The molecule has 0 saturated carbocycles. The average molecular weight is 532 g/mol. The quantitative estimate of drug-likeness (QED) is 0.241. The van der Waals surface area contributed by atoms with E-state index in [2.05, 4.69) is 27.6 Å². The molecule has 0 spiro atoms. The number of halogens is 2. The van der Waals surface area contributed by atoms with E-state index < -0.39 is 0 Å². The number of anilines is 1. The van der Waals surface area contributed by atoms with Gasteiger partial charge in [-0.2, -0.15) is 10.2 Å². The van der Waals surface area contributed by atoms with Crippen LogP contribution >= 0.6 is 23.2 Å². The van der Waals surface area contributed by atoms with Crippen LogP contribution < -0.4 is 10.1 Å². The first-order valence-electron chi connectivity index (χ1n) is 11.6. The Morgan fingerprint density at radius 3 is 2.43 bits per heavy atom. The highest BCUT2D eigenvalue weighted by atomic mass is 35.5. The molecule has 0 saturated heterocycles. The van der Waals surface area contributed by atoms with Crippen molar-refractivity contribution in [2.75, 3.05) is 5.32 Å². The first-order chi connectivity index (χ1) is 17.9. The summed E-state index contributed by atoms with van der Waals surface area (Å²) in [6.07, 6.45) is 1.69. The van der Waals surface area contributed by atoms with Crippen molar-refractivity contribution in [3.05, 3.63) is 118 Å². The van der Waals surface area contributed by atoms with Gasteiger partial charge in [0.2, 0.25) is 0 Å². The molecule has 5 aromatic rings. The Morgan fingerprint density at radius 1 is 0.919 bits per heavy atom. The van der Waals surface area contributed by atoms with Crippen LogP contribution in [-0.4, -0.2) is 25.5 Å². The van der Waals surface area contributed by atoms with Crippen LogP contribution in [-0.2, 0) is 13.3 Å². The maximum atomic E-state index is 12.7. The van der Waals surface area contributed by atoms with E-state index in [1.54, 1.807) is 39.8 Å². The van der Waals surface area contributed by atoms with E-state index in [1.807, 2.05) is 55.5 Å². The van der Waals surface area contributed by atoms with E-state index in [9.17, 15) is 4.79 Å². The Bertz CT molecular complexity index is 1530. The summed E-state index contributed by atoms with van der Waals surface area (Å²) in [7, 11) is 0. The van der Waals surface area contributed by atoms with Gasteiger partial charge < -0.3 is 10.1 Å². The van der Waals surface area contributed by atoms with E-state index in [-0.39, 0.29) is 18.3 Å². The van der Waals surface area contributed by atoms with Gasteiger partial charge in [0.1, 0.15) is 5.75 Å². The van der Waals surface area contributed by atoms with Crippen molar-refractivity contribution < 1.29 is 9.53 Å². The number of ether oxygens (including phenoxy) is 1. The third-order valence-corrected chi connectivity index (χ3v) is 6.34. The number of aryl methyl sites for hydroxylation is 1. The molecule has 186 valence electrons. The van der Waals surface area contributed by atoms with Crippen LogP contribution in [0, 0.1) is 6.92 Å². The standard InChI is InChI=1S/C28H23Cl2N5O2/c1-19-15-27(33-35(19)17-22-7-10-23(29)16-25(22)30)31-28(36)26-13-14-34(32-26)18-37-24-11-8-21(9-12-24)20-5-3-2-4-6-20/h2-16H,17-18H2,1H3,(H,31,33,36). The molecule has 3 aromatic carbocycles. The molecule has 0 aliphatic heterocycles. The molecule has 2 heterocycles. The van der Waals surface area contributed by atoms with Crippen molar-refractivity contribution in [2.24, 2.45) is 0 Å². The van der Waals surface area contributed by atoms with E-state index >= 15 is 0 Å². The third-order valence-electron chi connectivity index (χ3n) is 5.76. The van der Waals surface area contributed by atoms with E-state index in [0.29, 0.717) is 28.2 Å². The van der Waals surface area contributed by atoms with Crippen LogP contribution in [0.25, 0.3) is 11.1 Å². The second kappa shape index (κ2) is 10.9. The highest BCUT2D eigenvalue weighted by Gasteiger charge is 2.14. The van der Waals surface area contributed by atoms with Gasteiger partial charge >= 0.3 is 0 Å². The fourth-order valence-electron chi connectivity index (χ4n) is 3.79. The lowest BCUT2D eigenvalue weighted by Gasteiger charge is -2.07. The minimum absolute atomic E-state index is 0.174. The van der Waals surface area contributed by atoms with Crippen LogP contribution in [0.5, 0.6) is 5.75 Å². The highest BCUT2D eigenvalue weighted by molar-refractivity contribution is 6.35. The number of nitrogens with zero attached hydrogens (tertiary/aromatic N) is 4. The number of carbonyl (C=O) groups is 1. The van der Waals surface area contributed by atoms with Crippen LogP contribution in [0.2, 0.25) is 10.0 Å². The van der Waals surface area contributed by atoms with Crippen LogP contribution in [0.1, 0.15) is 21.7 Å². The van der Waals surface area contributed by atoms with Crippen molar-refractivity contribution in [1.82, 2.24) is 19.6 Å². The zero-order valence-electron chi connectivity index (χ0n) is 19.9. The molecule has 2 aromatic heterocycles. The summed E-state index contributed by atoms with van der Waals surface area (Å²) < 4.78 is 9.15. The molecule has 1 amide bonds. The van der Waals surface area contributed by atoms with Gasteiger partial charge in [0.15, 0.2) is 18.2 Å². The van der Waals surface area contributed by atoms with Gasteiger partial charge in [-0.15, -0.1) is 0 Å². The molecule has 5 rings (SSSR count). The number of amides is 1. The maximum absolute atomic E-state index is 12.7. The molecule has 1 N–H and O–H groups in total. The summed E-state index contributed by atoms with van der Waals surface area (Å²) in [4.78, 5) is 12.7. The number of nitrogens with one attached hydrogen (secondary N) is 1. The zero-order chi connectivity index (χ0) is 25.8. The van der Waals surface area contributed by atoms with Crippen molar-refractivity contribution in [3.63, 3.8) is 0 Å². The molecule has 7 nitrogen and oxygen atoms in total. The van der Waals surface area contributed by atoms with Gasteiger partial charge in [-0.1, -0.05) is 71.7 Å². The summed E-state index contributed by atoms with van der Waals surface area (Å²) in [5.41, 5.74) is 4.27. The Kier molecular flexibility index (Phi) is 7.25. The highest BCUT2D eigenvalue weighted by Crippen LogP contribution is 2.24. The fraction of sp³-hybridized carbons (Fsp3) is 0.107. The normalized spacial score (nSPS) is 10.9. The number of benzene rings is 3. The van der Waals surface area contributed by atoms with Crippen LogP contribution in [0.4, 0.5) is 5.82 Å². The van der Waals surface area contributed by atoms with Gasteiger partial charge in [-0.25, -0.2) is 4.68 Å². The van der Waals surface area contributed by atoms with E-state index in [0.717, 1.165) is 22.4 Å². The minimum atomic E-state index is -0.361. The number of carbonyl (C=O) groups excluding carboxylic acids is 1. The first-order valence-corrected chi connectivity index (χ1v) is 12.3. The lowest BCUT2D eigenvalue weighted by Crippen LogP contribution is -2.15. The largest absolute Gasteiger partial charge is 0.471 e. The molecule has 37 heavy (non-hydrogen) atoms. The summed E-state index contributed by atoms with van der Waals surface area (Å²) in [5.74, 6) is 0.778. The predicted molar refractivity (Wildman–Crippen MR) is 145 cm³/mol. The Morgan fingerprint density at radius 2 is 1.68 bits per heavy atom. The second-order valence-corrected chi connectivity index (χ2v) is 9.27. The lowest BCUT2D eigenvalue weighted by atomic mass is 10.1. The first kappa shape index (κ1) is 24.6. The predicted octanol–water partition coefficient (Wildman–Crippen LogP) is 6.70. The number of hydrogen-bond donors (Lipinski definition) is 1. The van der Waals surface area contributed by atoms with Crippen molar-refractivity contribution in [1.29, 1.82) is 0 Å². The molecular formula is C28H23Cl2N5O2. The van der Waals surface area contributed by atoms with Gasteiger partial charge in [-0.3, -0.25) is 9.48 Å². The molecular weight excluding hydrogens is 509 g/mol. The summed E-state index contributed by atoms with van der Waals surface area (Å²) in [6.45, 7) is 2.54. The molecule has 0 aliphatic carbocycles. The molecule has 0 fully saturated rings. The molecule has 0 unspecified atom stereocenters. The van der Waals surface area contributed by atoms with Gasteiger partial charge in [0.25, 0.3) is 5.91 Å². The third kappa shape index (κ3) is 6.02. The topological polar surface area (TPSA) is 74.0 Å². The minimum Gasteiger partial charge on any atom is -0.471 e. The van der Waals surface area contributed by atoms with Crippen molar-refractivity contribution in [2.45, 2.75) is 20.2 Å². The smallest absolute Gasteiger partial charge is 0.277 e. The average Bonchev–Trinajstić information content (AvgIpc) is 3.52. The van der Waals surface area contributed by atoms with Gasteiger partial charge in [-0.05, 0) is 53.9 Å². The lowest BCUT2D eigenvalue weighted by molar-refractivity contribution is 0.101. The molecule has 0 radical (unpaired) electrons. The molecule has 0 aliphatic rings. The number of aromatic nitrogens is 4. The Balaban J connectivity index is 1.17. The van der Waals surface area contributed by atoms with Crippen molar-refractivity contribution >= 4 is 34.9 Å². The van der Waals surface area contributed by atoms with Gasteiger partial charge in [0.05, 0.1) is 6.54 Å². The van der Waals surface area contributed by atoms with Crippen molar-refractivity contribution in [3.8, 4) is 16.9 Å². The zero-order valence-corrected chi connectivity index (χ0v) is 21.4. The summed E-state index contributed by atoms with van der Waals surface area (Å²) in [6, 6.07) is 26.7. The Labute approximate surface area is 224 Å². The van der Waals surface area contributed by atoms with E-state index in [4.69, 9.17) is 27.9 Å².